The molecular weight excluding hydrogens is 323 g/mol. The molecule has 0 bridgehead atoms. The zero-order valence-electron chi connectivity index (χ0n) is 11.4. The van der Waals surface area contributed by atoms with Gasteiger partial charge in [-0.3, -0.25) is 0 Å². The number of benzene rings is 1. The second-order valence-electron chi connectivity index (χ2n) is 4.79. The van der Waals surface area contributed by atoms with Crippen LogP contribution in [0.5, 0.6) is 0 Å². The van der Waals surface area contributed by atoms with Crippen LogP contribution in [0.15, 0.2) is 54.9 Å². The van der Waals surface area contributed by atoms with Crippen molar-refractivity contribution in [2.75, 3.05) is 5.32 Å². The minimum atomic E-state index is 0.0983. The van der Waals surface area contributed by atoms with Crippen LogP contribution in [-0.2, 0) is 0 Å². The maximum absolute atomic E-state index is 6.21. The molecule has 3 aromatic rings. The topological polar surface area (TPSA) is 17.0 Å². The molecule has 1 aromatic carbocycles. The summed E-state index contributed by atoms with van der Waals surface area (Å²) in [7, 11) is 0. The third kappa shape index (κ3) is 3.26. The minimum Gasteiger partial charge on any atom is -0.378 e. The van der Waals surface area contributed by atoms with E-state index in [1.54, 1.807) is 0 Å². The molecule has 1 unspecified atom stereocenters. The molecule has 5 heteroatoms. The van der Waals surface area contributed by atoms with Gasteiger partial charge in [-0.25, -0.2) is 0 Å². The van der Waals surface area contributed by atoms with Crippen LogP contribution in [0.2, 0.25) is 8.67 Å². The van der Waals surface area contributed by atoms with Gasteiger partial charge >= 0.3 is 0 Å². The number of anilines is 1. The van der Waals surface area contributed by atoms with Gasteiger partial charge in [-0.2, -0.15) is 0 Å². The molecule has 0 saturated heterocycles. The Labute approximate surface area is 137 Å². The third-order valence-electron chi connectivity index (χ3n) is 3.28. The Morgan fingerprint density at radius 2 is 1.86 bits per heavy atom. The van der Waals surface area contributed by atoms with Crippen LogP contribution in [0.1, 0.15) is 18.5 Å². The van der Waals surface area contributed by atoms with Crippen LogP contribution in [0.3, 0.4) is 0 Å². The van der Waals surface area contributed by atoms with Gasteiger partial charge in [0.25, 0.3) is 0 Å². The van der Waals surface area contributed by atoms with E-state index in [1.807, 2.05) is 42.7 Å². The summed E-state index contributed by atoms with van der Waals surface area (Å²) in [6.07, 6.45) is 4.05. The Morgan fingerprint density at radius 3 is 2.52 bits per heavy atom. The number of rotatable bonds is 4. The third-order valence-corrected chi connectivity index (χ3v) is 4.80. The van der Waals surface area contributed by atoms with Gasteiger partial charge in [0, 0.05) is 29.3 Å². The van der Waals surface area contributed by atoms with E-state index < -0.39 is 0 Å². The van der Waals surface area contributed by atoms with Gasteiger partial charge in [0.15, 0.2) is 0 Å². The molecule has 21 heavy (non-hydrogen) atoms. The summed E-state index contributed by atoms with van der Waals surface area (Å²) >= 11 is 13.6. The van der Waals surface area contributed by atoms with E-state index in [-0.39, 0.29) is 6.04 Å². The lowest BCUT2D eigenvalue weighted by atomic mass is 10.1. The number of aromatic nitrogens is 1. The van der Waals surface area contributed by atoms with Crippen LogP contribution in [-0.4, -0.2) is 4.57 Å². The Bertz CT molecular complexity index is 735. The summed E-state index contributed by atoms with van der Waals surface area (Å²) < 4.78 is 3.52. The lowest BCUT2D eigenvalue weighted by molar-refractivity contribution is 0.890. The summed E-state index contributed by atoms with van der Waals surface area (Å²) in [5.41, 5.74) is 3.19. The zero-order valence-corrected chi connectivity index (χ0v) is 13.7. The first-order valence-electron chi connectivity index (χ1n) is 6.58. The first-order valence-corrected chi connectivity index (χ1v) is 8.15. The van der Waals surface area contributed by atoms with Crippen LogP contribution in [0, 0.1) is 0 Å². The maximum atomic E-state index is 6.21. The molecule has 0 aliphatic heterocycles. The number of hydrogen-bond acceptors (Lipinski definition) is 2. The van der Waals surface area contributed by atoms with Crippen molar-refractivity contribution in [2.24, 2.45) is 0 Å². The summed E-state index contributed by atoms with van der Waals surface area (Å²) in [5, 5.41) is 3.46. The molecule has 1 N–H and O–H groups in total. The fourth-order valence-electron chi connectivity index (χ4n) is 2.24. The van der Waals surface area contributed by atoms with E-state index in [2.05, 4.69) is 28.9 Å². The van der Waals surface area contributed by atoms with Crippen molar-refractivity contribution in [3.05, 3.63) is 69.1 Å². The fourth-order valence-corrected chi connectivity index (χ4v) is 3.88. The Morgan fingerprint density at radius 1 is 1.10 bits per heavy atom. The van der Waals surface area contributed by atoms with Gasteiger partial charge in [-0.1, -0.05) is 29.3 Å². The lowest BCUT2D eigenvalue weighted by Crippen LogP contribution is -2.06. The molecular formula is C16H14Cl2N2S. The average Bonchev–Trinajstić information content (AvgIpc) is 3.08. The second kappa shape index (κ2) is 6.14. The molecule has 2 aromatic heterocycles. The standard InChI is InChI=1S/C16H14Cl2N2S/c1-11(14-10-15(17)21-16(14)18)19-12-5-4-6-13(9-12)20-7-2-3-8-20/h2-11,19H,1H3. The summed E-state index contributed by atoms with van der Waals surface area (Å²) in [4.78, 5) is 0. The molecule has 0 saturated carbocycles. The number of halogens is 2. The van der Waals surface area contributed by atoms with Crippen molar-refractivity contribution < 1.29 is 0 Å². The maximum Gasteiger partial charge on any atom is 0.0996 e. The highest BCUT2D eigenvalue weighted by Gasteiger charge is 2.13. The smallest absolute Gasteiger partial charge is 0.0996 e. The molecule has 0 aliphatic carbocycles. The van der Waals surface area contributed by atoms with Crippen molar-refractivity contribution in [1.82, 2.24) is 4.57 Å². The lowest BCUT2D eigenvalue weighted by Gasteiger charge is -2.16. The number of thiophene rings is 1. The van der Waals surface area contributed by atoms with E-state index in [0.29, 0.717) is 4.34 Å². The van der Waals surface area contributed by atoms with Crippen LogP contribution >= 0.6 is 34.5 Å². The highest BCUT2D eigenvalue weighted by atomic mass is 35.5. The van der Waals surface area contributed by atoms with Gasteiger partial charge in [0.2, 0.25) is 0 Å². The minimum absolute atomic E-state index is 0.0983. The van der Waals surface area contributed by atoms with Crippen molar-refractivity contribution in [2.45, 2.75) is 13.0 Å². The van der Waals surface area contributed by atoms with Crippen molar-refractivity contribution in [3.8, 4) is 5.69 Å². The summed E-state index contributed by atoms with van der Waals surface area (Å²) in [6, 6.07) is 14.3. The van der Waals surface area contributed by atoms with E-state index in [9.17, 15) is 0 Å². The second-order valence-corrected chi connectivity index (χ2v) is 7.07. The molecule has 108 valence electrons. The SMILES string of the molecule is CC(Nc1cccc(-n2cccc2)c1)c1cc(Cl)sc1Cl. The van der Waals surface area contributed by atoms with Crippen molar-refractivity contribution >= 4 is 40.2 Å². The molecule has 3 rings (SSSR count). The summed E-state index contributed by atoms with van der Waals surface area (Å²) in [5.74, 6) is 0. The van der Waals surface area contributed by atoms with Gasteiger partial charge in [-0.15, -0.1) is 11.3 Å². The number of nitrogens with zero attached hydrogens (tertiary/aromatic N) is 1. The van der Waals surface area contributed by atoms with Crippen LogP contribution in [0.4, 0.5) is 5.69 Å². The average molecular weight is 337 g/mol. The Hall–Kier alpha value is -1.42. The quantitative estimate of drug-likeness (QED) is 0.616. The van der Waals surface area contributed by atoms with Crippen molar-refractivity contribution in [3.63, 3.8) is 0 Å². The Balaban J connectivity index is 1.82. The molecule has 0 fully saturated rings. The monoisotopic (exact) mass is 336 g/mol. The molecule has 2 nitrogen and oxygen atoms in total. The number of nitrogens with one attached hydrogen (secondary N) is 1. The van der Waals surface area contributed by atoms with E-state index in [0.717, 1.165) is 21.3 Å². The number of hydrogen-bond donors (Lipinski definition) is 1. The van der Waals surface area contributed by atoms with Gasteiger partial charge < -0.3 is 9.88 Å². The van der Waals surface area contributed by atoms with Gasteiger partial charge in [0.1, 0.15) is 0 Å². The van der Waals surface area contributed by atoms with E-state index in [1.165, 1.54) is 11.3 Å². The molecule has 0 spiro atoms. The fraction of sp³-hybridized carbons (Fsp3) is 0.125. The predicted octanol–water partition coefficient (Wildman–Crippen LogP) is 6.02. The Kier molecular flexibility index (Phi) is 4.24. The van der Waals surface area contributed by atoms with E-state index >= 15 is 0 Å². The largest absolute Gasteiger partial charge is 0.378 e. The molecule has 0 radical (unpaired) electrons. The first kappa shape index (κ1) is 14.5. The van der Waals surface area contributed by atoms with Crippen LogP contribution < -0.4 is 5.32 Å². The predicted molar refractivity (Wildman–Crippen MR) is 92.1 cm³/mol. The molecule has 0 aliphatic rings. The highest BCUT2D eigenvalue weighted by Crippen LogP contribution is 2.36. The van der Waals surface area contributed by atoms with Crippen molar-refractivity contribution in [1.29, 1.82) is 0 Å². The van der Waals surface area contributed by atoms with Gasteiger partial charge in [-0.05, 0) is 43.3 Å². The molecule has 0 amide bonds. The van der Waals surface area contributed by atoms with Gasteiger partial charge in [0.05, 0.1) is 14.7 Å². The normalized spacial score (nSPS) is 12.3. The highest BCUT2D eigenvalue weighted by molar-refractivity contribution is 7.20. The molecule has 1 atom stereocenters. The van der Waals surface area contributed by atoms with E-state index in [4.69, 9.17) is 23.2 Å². The zero-order chi connectivity index (χ0) is 14.8. The first-order chi connectivity index (χ1) is 10.1. The van der Waals surface area contributed by atoms with Crippen LogP contribution in [0.25, 0.3) is 5.69 Å². The summed E-state index contributed by atoms with van der Waals surface area (Å²) in [6.45, 7) is 2.08. The molecule has 2 heterocycles.